The SMILES string of the molecule is CCN(CC1CCC(C(C)C)c2cc(-c3c(F)cccc3F)nnc21)S(C)(=O)=O. The quantitative estimate of drug-likeness (QED) is 0.694. The normalized spacial score (nSPS) is 19.6. The van der Waals surface area contributed by atoms with E-state index in [9.17, 15) is 17.2 Å². The summed E-state index contributed by atoms with van der Waals surface area (Å²) < 4.78 is 54.1. The molecule has 158 valence electrons. The fraction of sp³-hybridized carbons (Fsp3) is 0.524. The fourth-order valence-electron chi connectivity index (χ4n) is 4.18. The van der Waals surface area contributed by atoms with Crippen LogP contribution in [0.4, 0.5) is 8.78 Å². The third-order valence-corrected chi connectivity index (χ3v) is 7.08. The minimum absolute atomic E-state index is 0.0957. The third kappa shape index (κ3) is 4.48. The van der Waals surface area contributed by atoms with E-state index >= 15 is 0 Å². The molecule has 1 aromatic carbocycles. The number of rotatable bonds is 6. The van der Waals surface area contributed by atoms with Crippen molar-refractivity contribution in [1.82, 2.24) is 14.5 Å². The van der Waals surface area contributed by atoms with Gasteiger partial charge in [0.25, 0.3) is 0 Å². The van der Waals surface area contributed by atoms with Gasteiger partial charge in [0.05, 0.1) is 23.2 Å². The van der Waals surface area contributed by atoms with Crippen molar-refractivity contribution >= 4 is 10.0 Å². The zero-order valence-electron chi connectivity index (χ0n) is 17.2. The molecule has 5 nitrogen and oxygen atoms in total. The Bertz CT molecular complexity index is 975. The Balaban J connectivity index is 2.07. The largest absolute Gasteiger partial charge is 0.213 e. The van der Waals surface area contributed by atoms with Gasteiger partial charge in [0.1, 0.15) is 11.6 Å². The minimum atomic E-state index is -3.32. The number of hydrogen-bond acceptors (Lipinski definition) is 4. The summed E-state index contributed by atoms with van der Waals surface area (Å²) in [6.45, 7) is 6.72. The molecule has 2 atom stereocenters. The molecule has 0 fully saturated rings. The van der Waals surface area contributed by atoms with Gasteiger partial charge < -0.3 is 0 Å². The monoisotopic (exact) mass is 423 g/mol. The molecule has 0 amide bonds. The van der Waals surface area contributed by atoms with Gasteiger partial charge in [-0.2, -0.15) is 10.2 Å². The number of halogens is 2. The maximum absolute atomic E-state index is 14.3. The van der Waals surface area contributed by atoms with Crippen molar-refractivity contribution < 1.29 is 17.2 Å². The van der Waals surface area contributed by atoms with Gasteiger partial charge >= 0.3 is 0 Å². The van der Waals surface area contributed by atoms with Gasteiger partial charge in [0.15, 0.2) is 0 Å². The van der Waals surface area contributed by atoms with Crippen LogP contribution >= 0.6 is 0 Å². The van der Waals surface area contributed by atoms with E-state index in [4.69, 9.17) is 0 Å². The van der Waals surface area contributed by atoms with Crippen LogP contribution in [0.15, 0.2) is 24.3 Å². The zero-order valence-corrected chi connectivity index (χ0v) is 18.0. The molecule has 2 aromatic rings. The molecule has 0 spiro atoms. The fourth-order valence-corrected chi connectivity index (χ4v) is 5.10. The summed E-state index contributed by atoms with van der Waals surface area (Å²) in [5, 5.41) is 8.48. The molecule has 0 bridgehead atoms. The van der Waals surface area contributed by atoms with Crippen LogP contribution in [-0.4, -0.2) is 42.3 Å². The lowest BCUT2D eigenvalue weighted by molar-refractivity contribution is 0.338. The van der Waals surface area contributed by atoms with Gasteiger partial charge in [-0.15, -0.1) is 0 Å². The molecule has 1 aromatic heterocycles. The minimum Gasteiger partial charge on any atom is -0.213 e. The maximum Gasteiger partial charge on any atom is 0.211 e. The molecule has 0 saturated heterocycles. The van der Waals surface area contributed by atoms with Gasteiger partial charge in [0, 0.05) is 19.0 Å². The molecule has 0 N–H and O–H groups in total. The Labute approximate surface area is 171 Å². The highest BCUT2D eigenvalue weighted by atomic mass is 32.2. The average Bonchev–Trinajstić information content (AvgIpc) is 2.64. The van der Waals surface area contributed by atoms with Crippen molar-refractivity contribution in [3.8, 4) is 11.3 Å². The van der Waals surface area contributed by atoms with E-state index in [1.165, 1.54) is 28.8 Å². The number of aromatic nitrogens is 2. The van der Waals surface area contributed by atoms with Crippen LogP contribution in [0.5, 0.6) is 0 Å². The Morgan fingerprint density at radius 3 is 2.38 bits per heavy atom. The van der Waals surface area contributed by atoms with Crippen LogP contribution in [0.1, 0.15) is 56.7 Å². The summed E-state index contributed by atoms with van der Waals surface area (Å²) in [5.41, 5.74) is 1.63. The highest BCUT2D eigenvalue weighted by Crippen LogP contribution is 2.43. The van der Waals surface area contributed by atoms with E-state index in [0.29, 0.717) is 19.0 Å². The summed E-state index contributed by atoms with van der Waals surface area (Å²) in [6, 6.07) is 5.45. The highest BCUT2D eigenvalue weighted by molar-refractivity contribution is 7.88. The predicted molar refractivity (Wildman–Crippen MR) is 109 cm³/mol. The number of benzene rings is 1. The lowest BCUT2D eigenvalue weighted by Gasteiger charge is -2.34. The van der Waals surface area contributed by atoms with E-state index in [1.54, 1.807) is 13.0 Å². The second kappa shape index (κ2) is 8.44. The molecule has 3 rings (SSSR count). The van der Waals surface area contributed by atoms with E-state index in [2.05, 4.69) is 24.0 Å². The van der Waals surface area contributed by atoms with Gasteiger partial charge in [-0.1, -0.05) is 26.8 Å². The second-order valence-corrected chi connectivity index (χ2v) is 9.99. The van der Waals surface area contributed by atoms with Crippen LogP contribution in [0, 0.1) is 17.6 Å². The smallest absolute Gasteiger partial charge is 0.211 e. The predicted octanol–water partition coefficient (Wildman–Crippen LogP) is 4.32. The molecule has 0 saturated carbocycles. The molecule has 1 aliphatic carbocycles. The number of hydrogen-bond donors (Lipinski definition) is 0. The molecule has 29 heavy (non-hydrogen) atoms. The topological polar surface area (TPSA) is 63.2 Å². The second-order valence-electron chi connectivity index (χ2n) is 8.01. The molecule has 2 unspecified atom stereocenters. The molecule has 0 aliphatic heterocycles. The van der Waals surface area contributed by atoms with E-state index in [-0.39, 0.29) is 23.1 Å². The van der Waals surface area contributed by atoms with Crippen LogP contribution in [0.25, 0.3) is 11.3 Å². The van der Waals surface area contributed by atoms with Crippen molar-refractivity contribution in [3.05, 3.63) is 47.2 Å². The molecule has 1 aliphatic rings. The first-order chi connectivity index (χ1) is 13.6. The van der Waals surface area contributed by atoms with Crippen molar-refractivity contribution in [2.45, 2.75) is 45.4 Å². The number of fused-ring (bicyclic) bond motifs is 1. The standard InChI is InChI=1S/C21H27F2N3O2S/c1-5-26(29(4,27)28)12-14-9-10-15(13(2)3)16-11-19(24-25-21(14)16)20-17(22)7-6-8-18(20)23/h6-8,11,13-15H,5,9-10,12H2,1-4H3. The Hall–Kier alpha value is -1.93. The van der Waals surface area contributed by atoms with Crippen molar-refractivity contribution in [2.24, 2.45) is 5.92 Å². The first-order valence-corrected chi connectivity index (χ1v) is 11.7. The summed E-state index contributed by atoms with van der Waals surface area (Å²) >= 11 is 0. The van der Waals surface area contributed by atoms with Crippen molar-refractivity contribution in [1.29, 1.82) is 0 Å². The summed E-state index contributed by atoms with van der Waals surface area (Å²) in [5.74, 6) is -0.960. The first-order valence-electron chi connectivity index (χ1n) is 9.90. The summed E-state index contributed by atoms with van der Waals surface area (Å²) in [7, 11) is -3.32. The number of nitrogens with zero attached hydrogens (tertiary/aromatic N) is 3. The number of likely N-dealkylation sites (N-methyl/N-ethyl adjacent to an activating group) is 1. The number of sulfonamides is 1. The van der Waals surface area contributed by atoms with Gasteiger partial charge in [0.2, 0.25) is 10.0 Å². The molecular weight excluding hydrogens is 396 g/mol. The molecule has 8 heteroatoms. The molecule has 1 heterocycles. The summed E-state index contributed by atoms with van der Waals surface area (Å²) in [4.78, 5) is 0. The van der Waals surface area contributed by atoms with Gasteiger partial charge in [-0.05, 0) is 48.4 Å². The maximum atomic E-state index is 14.3. The van der Waals surface area contributed by atoms with Crippen LogP contribution in [0.3, 0.4) is 0 Å². The molecule has 0 radical (unpaired) electrons. The summed E-state index contributed by atoms with van der Waals surface area (Å²) in [6.07, 6.45) is 2.86. The van der Waals surface area contributed by atoms with E-state index in [0.717, 1.165) is 24.1 Å². The third-order valence-electron chi connectivity index (χ3n) is 5.74. The van der Waals surface area contributed by atoms with E-state index < -0.39 is 21.7 Å². The Kier molecular flexibility index (Phi) is 6.33. The molecular formula is C21H27F2N3O2S. The van der Waals surface area contributed by atoms with Crippen LogP contribution in [0.2, 0.25) is 0 Å². The highest BCUT2D eigenvalue weighted by Gasteiger charge is 2.33. The Morgan fingerprint density at radius 2 is 1.83 bits per heavy atom. The lowest BCUT2D eigenvalue weighted by atomic mass is 9.74. The lowest BCUT2D eigenvalue weighted by Crippen LogP contribution is -2.35. The van der Waals surface area contributed by atoms with Crippen LogP contribution in [-0.2, 0) is 10.0 Å². The van der Waals surface area contributed by atoms with Crippen LogP contribution < -0.4 is 0 Å². The van der Waals surface area contributed by atoms with Crippen molar-refractivity contribution in [2.75, 3.05) is 19.3 Å². The zero-order chi connectivity index (χ0) is 21.3. The van der Waals surface area contributed by atoms with Gasteiger partial charge in [-0.25, -0.2) is 21.5 Å². The van der Waals surface area contributed by atoms with Gasteiger partial charge in [-0.3, -0.25) is 0 Å². The average molecular weight is 424 g/mol. The van der Waals surface area contributed by atoms with Crippen molar-refractivity contribution in [3.63, 3.8) is 0 Å². The first kappa shape index (κ1) is 21.8. The Morgan fingerprint density at radius 1 is 1.17 bits per heavy atom. The van der Waals surface area contributed by atoms with E-state index in [1.807, 2.05) is 0 Å².